The third-order valence-corrected chi connectivity index (χ3v) is 3.30. The summed E-state index contributed by atoms with van der Waals surface area (Å²) in [6.07, 6.45) is 0.905. The summed E-state index contributed by atoms with van der Waals surface area (Å²) in [6.45, 7) is 5.84. The van der Waals surface area contributed by atoms with E-state index in [1.54, 1.807) is 11.8 Å². The van der Waals surface area contributed by atoms with E-state index in [9.17, 15) is 0 Å². The number of halogens is 1. The van der Waals surface area contributed by atoms with Crippen LogP contribution >= 0.6 is 11.6 Å². The number of hydrogen-bond donors (Lipinski definition) is 1. The molecule has 2 rings (SSSR count). The van der Waals surface area contributed by atoms with E-state index >= 15 is 0 Å². The second-order valence-corrected chi connectivity index (χ2v) is 5.04. The molecule has 0 bridgehead atoms. The van der Waals surface area contributed by atoms with Gasteiger partial charge in [0.05, 0.1) is 18.7 Å². The molecule has 8 heteroatoms. The van der Waals surface area contributed by atoms with Crippen molar-refractivity contribution in [1.29, 1.82) is 0 Å². The molecule has 22 heavy (non-hydrogen) atoms. The number of ether oxygens (including phenoxy) is 2. The first-order chi connectivity index (χ1) is 10.7. The summed E-state index contributed by atoms with van der Waals surface area (Å²) >= 11 is 6.29. The SMILES string of the molecule is CCCOc1c(Cl)cc(CNc2nnnn2CC)cc1OC. The van der Waals surface area contributed by atoms with Crippen LogP contribution in [0.4, 0.5) is 5.95 Å². The number of nitrogens with zero attached hydrogens (tertiary/aromatic N) is 4. The van der Waals surface area contributed by atoms with Crippen LogP contribution < -0.4 is 14.8 Å². The van der Waals surface area contributed by atoms with Gasteiger partial charge in [-0.05, 0) is 41.5 Å². The van der Waals surface area contributed by atoms with E-state index in [4.69, 9.17) is 21.1 Å². The Balaban J connectivity index is 2.13. The third-order valence-electron chi connectivity index (χ3n) is 3.02. The molecule has 120 valence electrons. The van der Waals surface area contributed by atoms with Crippen molar-refractivity contribution in [3.63, 3.8) is 0 Å². The van der Waals surface area contributed by atoms with Gasteiger partial charge in [0.15, 0.2) is 11.5 Å². The van der Waals surface area contributed by atoms with E-state index < -0.39 is 0 Å². The first kappa shape index (κ1) is 16.4. The zero-order valence-corrected chi connectivity index (χ0v) is 13.7. The summed E-state index contributed by atoms with van der Waals surface area (Å²) in [5.41, 5.74) is 0.955. The van der Waals surface area contributed by atoms with Crippen LogP contribution in [0.15, 0.2) is 12.1 Å². The Hall–Kier alpha value is -2.02. The highest BCUT2D eigenvalue weighted by atomic mass is 35.5. The number of rotatable bonds is 8. The molecule has 1 heterocycles. The van der Waals surface area contributed by atoms with Crippen LogP contribution in [0, 0.1) is 0 Å². The minimum Gasteiger partial charge on any atom is -0.493 e. The molecular formula is C14H20ClN5O2. The first-order valence-corrected chi connectivity index (χ1v) is 7.56. The number of aromatic nitrogens is 4. The summed E-state index contributed by atoms with van der Waals surface area (Å²) in [7, 11) is 1.60. The van der Waals surface area contributed by atoms with Crippen LogP contribution in [0.2, 0.25) is 5.02 Å². The monoisotopic (exact) mass is 325 g/mol. The molecule has 0 atom stereocenters. The van der Waals surface area contributed by atoms with Gasteiger partial charge in [-0.3, -0.25) is 0 Å². The van der Waals surface area contributed by atoms with Gasteiger partial charge in [0.25, 0.3) is 0 Å². The van der Waals surface area contributed by atoms with E-state index in [1.807, 2.05) is 26.0 Å². The second kappa shape index (κ2) is 7.84. The maximum Gasteiger partial charge on any atom is 0.243 e. The van der Waals surface area contributed by atoms with E-state index in [-0.39, 0.29) is 0 Å². The van der Waals surface area contributed by atoms with Gasteiger partial charge in [-0.1, -0.05) is 23.6 Å². The van der Waals surface area contributed by atoms with Gasteiger partial charge in [0.2, 0.25) is 5.95 Å². The molecule has 0 aliphatic rings. The zero-order valence-electron chi connectivity index (χ0n) is 13.0. The molecule has 0 amide bonds. The topological polar surface area (TPSA) is 74.1 Å². The van der Waals surface area contributed by atoms with Gasteiger partial charge in [0.1, 0.15) is 0 Å². The molecule has 0 saturated carbocycles. The molecule has 1 N–H and O–H groups in total. The van der Waals surface area contributed by atoms with Gasteiger partial charge in [-0.2, -0.15) is 0 Å². The number of anilines is 1. The van der Waals surface area contributed by atoms with Crippen LogP contribution in [0.1, 0.15) is 25.8 Å². The number of tetrazole rings is 1. The Morgan fingerprint density at radius 1 is 1.32 bits per heavy atom. The number of methoxy groups -OCH3 is 1. The standard InChI is InChI=1S/C14H20ClN5O2/c1-4-6-22-13-11(15)7-10(8-12(13)21-3)9-16-14-17-18-19-20(14)5-2/h7-8H,4-6,9H2,1-3H3,(H,16,17,19). The lowest BCUT2D eigenvalue weighted by Gasteiger charge is -2.14. The molecule has 1 aromatic heterocycles. The molecule has 0 aliphatic heterocycles. The van der Waals surface area contributed by atoms with E-state index in [1.165, 1.54) is 0 Å². The largest absolute Gasteiger partial charge is 0.493 e. The summed E-state index contributed by atoms with van der Waals surface area (Å²) in [4.78, 5) is 0. The van der Waals surface area contributed by atoms with Crippen molar-refractivity contribution in [2.45, 2.75) is 33.4 Å². The molecule has 2 aromatic rings. The lowest BCUT2D eigenvalue weighted by Crippen LogP contribution is -2.08. The van der Waals surface area contributed by atoms with E-state index in [2.05, 4.69) is 20.8 Å². The second-order valence-electron chi connectivity index (χ2n) is 4.63. The highest BCUT2D eigenvalue weighted by molar-refractivity contribution is 6.32. The number of aryl methyl sites for hydroxylation is 1. The number of hydrogen-bond acceptors (Lipinski definition) is 6. The first-order valence-electron chi connectivity index (χ1n) is 7.18. The van der Waals surface area contributed by atoms with Crippen molar-refractivity contribution < 1.29 is 9.47 Å². The maximum absolute atomic E-state index is 6.29. The maximum atomic E-state index is 6.29. The summed E-state index contributed by atoms with van der Waals surface area (Å²) in [5.74, 6) is 1.81. The Labute approximate surface area is 134 Å². The number of nitrogens with one attached hydrogen (secondary N) is 1. The quantitative estimate of drug-likeness (QED) is 0.804. The van der Waals surface area contributed by atoms with E-state index in [0.717, 1.165) is 12.0 Å². The third kappa shape index (κ3) is 3.79. The Kier molecular flexibility index (Phi) is 5.83. The fourth-order valence-corrected chi connectivity index (χ4v) is 2.23. The van der Waals surface area contributed by atoms with Crippen LogP contribution in [0.3, 0.4) is 0 Å². The summed E-state index contributed by atoms with van der Waals surface area (Å²) in [6, 6.07) is 3.74. The van der Waals surface area contributed by atoms with Gasteiger partial charge in [0, 0.05) is 13.1 Å². The lowest BCUT2D eigenvalue weighted by molar-refractivity contribution is 0.294. The van der Waals surface area contributed by atoms with Crippen molar-refractivity contribution in [3.8, 4) is 11.5 Å². The van der Waals surface area contributed by atoms with Crippen molar-refractivity contribution in [2.24, 2.45) is 0 Å². The summed E-state index contributed by atoms with van der Waals surface area (Å²) < 4.78 is 12.7. The minimum atomic E-state index is 0.527. The fourth-order valence-electron chi connectivity index (χ4n) is 1.94. The van der Waals surface area contributed by atoms with Crippen molar-refractivity contribution in [1.82, 2.24) is 20.2 Å². The average Bonchev–Trinajstić information content (AvgIpc) is 2.98. The highest BCUT2D eigenvalue weighted by Crippen LogP contribution is 2.36. The molecular weight excluding hydrogens is 306 g/mol. The minimum absolute atomic E-state index is 0.527. The molecule has 0 fully saturated rings. The highest BCUT2D eigenvalue weighted by Gasteiger charge is 2.12. The molecule has 1 aromatic carbocycles. The predicted octanol–water partition coefficient (Wildman–Crippen LogP) is 2.76. The molecule has 0 spiro atoms. The Morgan fingerprint density at radius 3 is 2.82 bits per heavy atom. The molecule has 7 nitrogen and oxygen atoms in total. The molecule has 0 radical (unpaired) electrons. The van der Waals surface area contributed by atoms with Crippen LogP contribution in [-0.4, -0.2) is 33.9 Å². The van der Waals surface area contributed by atoms with Crippen LogP contribution in [-0.2, 0) is 13.1 Å². The zero-order chi connectivity index (χ0) is 15.9. The van der Waals surface area contributed by atoms with Crippen LogP contribution in [0.5, 0.6) is 11.5 Å². The van der Waals surface area contributed by atoms with Crippen LogP contribution in [0.25, 0.3) is 0 Å². The van der Waals surface area contributed by atoms with Crippen molar-refractivity contribution in [3.05, 3.63) is 22.7 Å². The summed E-state index contributed by atoms with van der Waals surface area (Å²) in [5, 5.41) is 15.1. The fraction of sp³-hybridized carbons (Fsp3) is 0.500. The lowest BCUT2D eigenvalue weighted by atomic mass is 10.2. The Bertz CT molecular complexity index is 617. The average molecular weight is 326 g/mol. The number of benzene rings is 1. The van der Waals surface area contributed by atoms with Gasteiger partial charge in [-0.15, -0.1) is 0 Å². The molecule has 0 saturated heterocycles. The Morgan fingerprint density at radius 2 is 2.14 bits per heavy atom. The normalized spacial score (nSPS) is 10.5. The van der Waals surface area contributed by atoms with Gasteiger partial charge >= 0.3 is 0 Å². The smallest absolute Gasteiger partial charge is 0.243 e. The predicted molar refractivity (Wildman–Crippen MR) is 84.6 cm³/mol. The van der Waals surface area contributed by atoms with Crippen molar-refractivity contribution >= 4 is 17.5 Å². The molecule has 0 aliphatic carbocycles. The van der Waals surface area contributed by atoms with E-state index in [0.29, 0.717) is 42.2 Å². The van der Waals surface area contributed by atoms with Gasteiger partial charge in [-0.25, -0.2) is 4.68 Å². The molecule has 0 unspecified atom stereocenters. The van der Waals surface area contributed by atoms with Gasteiger partial charge < -0.3 is 14.8 Å². The van der Waals surface area contributed by atoms with Crippen molar-refractivity contribution in [2.75, 3.05) is 19.0 Å².